The molecule has 0 fully saturated rings. The van der Waals surface area contributed by atoms with Crippen LogP contribution in [0.1, 0.15) is 37.5 Å². The molecule has 1 amide bonds. The minimum absolute atomic E-state index is 0.0689. The zero-order valence-corrected chi connectivity index (χ0v) is 19.2. The van der Waals surface area contributed by atoms with Gasteiger partial charge in [0.25, 0.3) is 5.91 Å². The average Bonchev–Trinajstić information content (AvgIpc) is 3.15. The van der Waals surface area contributed by atoms with Gasteiger partial charge < -0.3 is 14.5 Å². The molecular formula is C27H28N2O3. The molecule has 0 aliphatic rings. The molecule has 1 N–H and O–H groups in total. The van der Waals surface area contributed by atoms with E-state index in [4.69, 9.17) is 9.15 Å². The summed E-state index contributed by atoms with van der Waals surface area (Å²) in [5, 5.41) is 2.88. The second-order valence-corrected chi connectivity index (χ2v) is 9.12. The number of anilines is 1. The molecule has 0 atom stereocenters. The number of aryl methyl sites for hydroxylation is 2. The fourth-order valence-electron chi connectivity index (χ4n) is 3.43. The van der Waals surface area contributed by atoms with Crippen molar-refractivity contribution in [2.24, 2.45) is 0 Å². The van der Waals surface area contributed by atoms with Gasteiger partial charge in [0.05, 0.1) is 0 Å². The fourth-order valence-corrected chi connectivity index (χ4v) is 3.43. The van der Waals surface area contributed by atoms with Crippen molar-refractivity contribution in [3.63, 3.8) is 0 Å². The highest BCUT2D eigenvalue weighted by atomic mass is 16.5. The number of nitrogens with zero attached hydrogens (tertiary/aromatic N) is 1. The summed E-state index contributed by atoms with van der Waals surface area (Å²) >= 11 is 0. The van der Waals surface area contributed by atoms with Crippen LogP contribution in [-0.2, 0) is 10.2 Å². The number of amides is 1. The molecule has 4 rings (SSSR count). The van der Waals surface area contributed by atoms with Crippen molar-refractivity contribution in [1.29, 1.82) is 0 Å². The predicted octanol–water partition coefficient (Wildman–Crippen LogP) is 6.43. The largest absolute Gasteiger partial charge is 0.484 e. The second kappa shape index (κ2) is 8.50. The maximum atomic E-state index is 12.4. The van der Waals surface area contributed by atoms with Crippen molar-refractivity contribution in [2.75, 3.05) is 11.9 Å². The minimum Gasteiger partial charge on any atom is -0.484 e. The van der Waals surface area contributed by atoms with Crippen LogP contribution in [0, 0.1) is 13.8 Å². The first kappa shape index (κ1) is 21.6. The van der Waals surface area contributed by atoms with Crippen LogP contribution in [0.4, 0.5) is 5.69 Å². The molecule has 0 saturated carbocycles. The lowest BCUT2D eigenvalue weighted by molar-refractivity contribution is -0.118. The second-order valence-electron chi connectivity index (χ2n) is 9.12. The van der Waals surface area contributed by atoms with Crippen molar-refractivity contribution in [3.8, 4) is 17.2 Å². The molecule has 5 nitrogen and oxygen atoms in total. The van der Waals surface area contributed by atoms with Gasteiger partial charge in [-0.15, -0.1) is 0 Å². The summed E-state index contributed by atoms with van der Waals surface area (Å²) in [5.41, 5.74) is 6.66. The van der Waals surface area contributed by atoms with Crippen LogP contribution in [0.3, 0.4) is 0 Å². The predicted molar refractivity (Wildman–Crippen MR) is 128 cm³/mol. The summed E-state index contributed by atoms with van der Waals surface area (Å²) in [4.78, 5) is 17.0. The molecule has 4 aromatic rings. The molecule has 0 unspecified atom stereocenters. The monoisotopic (exact) mass is 428 g/mol. The Morgan fingerprint density at radius 3 is 2.44 bits per heavy atom. The van der Waals surface area contributed by atoms with Crippen molar-refractivity contribution in [3.05, 3.63) is 77.4 Å². The third kappa shape index (κ3) is 4.83. The molecule has 0 saturated heterocycles. The van der Waals surface area contributed by atoms with Crippen LogP contribution in [0.25, 0.3) is 22.6 Å². The Morgan fingerprint density at radius 1 is 1.00 bits per heavy atom. The van der Waals surface area contributed by atoms with Gasteiger partial charge in [0, 0.05) is 11.3 Å². The van der Waals surface area contributed by atoms with Crippen molar-refractivity contribution in [1.82, 2.24) is 4.98 Å². The quantitative estimate of drug-likeness (QED) is 0.398. The first-order valence-electron chi connectivity index (χ1n) is 10.7. The van der Waals surface area contributed by atoms with Gasteiger partial charge >= 0.3 is 0 Å². The molecule has 0 spiro atoms. The number of carbonyl (C=O) groups is 1. The molecule has 5 heteroatoms. The van der Waals surface area contributed by atoms with Crippen LogP contribution in [0.2, 0.25) is 0 Å². The Balaban J connectivity index is 1.42. The first-order chi connectivity index (χ1) is 15.2. The highest BCUT2D eigenvalue weighted by molar-refractivity contribution is 5.92. The van der Waals surface area contributed by atoms with Gasteiger partial charge in [-0.2, -0.15) is 0 Å². The van der Waals surface area contributed by atoms with Gasteiger partial charge in [0.2, 0.25) is 5.89 Å². The van der Waals surface area contributed by atoms with E-state index in [9.17, 15) is 4.79 Å². The van der Waals surface area contributed by atoms with E-state index < -0.39 is 0 Å². The van der Waals surface area contributed by atoms with Gasteiger partial charge in [-0.25, -0.2) is 4.98 Å². The Morgan fingerprint density at radius 2 is 1.72 bits per heavy atom. The number of carbonyl (C=O) groups excluding carboxylic acids is 1. The van der Waals surface area contributed by atoms with Crippen LogP contribution in [0.15, 0.2) is 65.1 Å². The summed E-state index contributed by atoms with van der Waals surface area (Å²) in [5.74, 6) is 0.959. The highest BCUT2D eigenvalue weighted by Crippen LogP contribution is 2.28. The molecule has 0 aliphatic heterocycles. The summed E-state index contributed by atoms with van der Waals surface area (Å²) in [6, 6.07) is 19.3. The maximum absolute atomic E-state index is 12.4. The fraction of sp³-hybridized carbons (Fsp3) is 0.259. The van der Waals surface area contributed by atoms with Gasteiger partial charge in [-0.05, 0) is 78.4 Å². The third-order valence-electron chi connectivity index (χ3n) is 5.49. The van der Waals surface area contributed by atoms with Gasteiger partial charge in [0.15, 0.2) is 12.2 Å². The molecule has 3 aromatic carbocycles. The number of hydrogen-bond donors (Lipinski definition) is 1. The highest BCUT2D eigenvalue weighted by Gasteiger charge is 2.14. The SMILES string of the molecule is Cc1cc2nc(-c3cccc(NC(=O)COc4ccc(C(C)(C)C)cc4)c3)oc2cc1C. The van der Waals surface area contributed by atoms with E-state index in [0.717, 1.165) is 22.2 Å². The lowest BCUT2D eigenvalue weighted by atomic mass is 9.87. The Kier molecular flexibility index (Phi) is 5.74. The van der Waals surface area contributed by atoms with E-state index in [1.54, 1.807) is 0 Å². The Hall–Kier alpha value is -3.60. The summed E-state index contributed by atoms with van der Waals surface area (Å²) < 4.78 is 11.6. The van der Waals surface area contributed by atoms with Crippen molar-refractivity contribution >= 4 is 22.7 Å². The van der Waals surface area contributed by atoms with Gasteiger partial charge in [-0.1, -0.05) is 39.0 Å². The van der Waals surface area contributed by atoms with Crippen LogP contribution in [-0.4, -0.2) is 17.5 Å². The molecule has 1 aromatic heterocycles. The van der Waals surface area contributed by atoms with E-state index in [0.29, 0.717) is 17.3 Å². The lowest BCUT2D eigenvalue weighted by Crippen LogP contribution is -2.20. The number of aromatic nitrogens is 1. The van der Waals surface area contributed by atoms with E-state index >= 15 is 0 Å². The van der Waals surface area contributed by atoms with E-state index in [1.807, 2.05) is 67.6 Å². The first-order valence-corrected chi connectivity index (χ1v) is 10.7. The van der Waals surface area contributed by atoms with Crippen molar-refractivity contribution in [2.45, 2.75) is 40.0 Å². The Bertz CT molecular complexity index is 1230. The molecule has 0 bridgehead atoms. The number of rotatable bonds is 5. The Labute approximate surface area is 188 Å². The standard InChI is InChI=1S/C27H28N2O3/c1-17-13-23-24(14-18(17)2)32-26(29-23)19-7-6-8-21(15-19)28-25(30)16-31-22-11-9-20(10-12-22)27(3,4)5/h6-15H,16H2,1-5H3,(H,28,30). The topological polar surface area (TPSA) is 64.4 Å². The molecule has 0 radical (unpaired) electrons. The maximum Gasteiger partial charge on any atom is 0.262 e. The molecule has 164 valence electrons. The molecule has 32 heavy (non-hydrogen) atoms. The zero-order valence-electron chi connectivity index (χ0n) is 19.2. The number of ether oxygens (including phenoxy) is 1. The third-order valence-corrected chi connectivity index (χ3v) is 5.49. The number of benzene rings is 3. The lowest BCUT2D eigenvalue weighted by Gasteiger charge is -2.19. The molecular weight excluding hydrogens is 400 g/mol. The minimum atomic E-state index is -0.231. The van der Waals surface area contributed by atoms with Crippen LogP contribution >= 0.6 is 0 Å². The molecule has 1 heterocycles. The van der Waals surface area contributed by atoms with Gasteiger partial charge in [0.1, 0.15) is 11.3 Å². The normalized spacial score (nSPS) is 11.5. The average molecular weight is 429 g/mol. The number of oxazole rings is 1. The number of nitrogens with one attached hydrogen (secondary N) is 1. The van der Waals surface area contributed by atoms with E-state index in [-0.39, 0.29) is 17.9 Å². The van der Waals surface area contributed by atoms with Crippen molar-refractivity contribution < 1.29 is 13.9 Å². The molecule has 0 aliphatic carbocycles. The zero-order chi connectivity index (χ0) is 22.9. The van der Waals surface area contributed by atoms with E-state index in [2.05, 4.69) is 38.0 Å². The summed E-state index contributed by atoms with van der Waals surface area (Å²) in [6.07, 6.45) is 0. The summed E-state index contributed by atoms with van der Waals surface area (Å²) in [6.45, 7) is 10.5. The summed E-state index contributed by atoms with van der Waals surface area (Å²) in [7, 11) is 0. The number of fused-ring (bicyclic) bond motifs is 1. The smallest absolute Gasteiger partial charge is 0.262 e. The number of hydrogen-bond acceptors (Lipinski definition) is 4. The van der Waals surface area contributed by atoms with Crippen LogP contribution in [0.5, 0.6) is 5.75 Å². The van der Waals surface area contributed by atoms with Crippen LogP contribution < -0.4 is 10.1 Å². The van der Waals surface area contributed by atoms with Gasteiger partial charge in [-0.3, -0.25) is 4.79 Å². The van der Waals surface area contributed by atoms with E-state index in [1.165, 1.54) is 11.1 Å².